The zero-order valence-corrected chi connectivity index (χ0v) is 45.3. The number of anilines is 2. The first-order chi connectivity index (χ1) is 36.6. The Bertz CT molecular complexity index is 4250. The van der Waals surface area contributed by atoms with Crippen LogP contribution in [0.25, 0.3) is 82.1 Å². The van der Waals surface area contributed by atoms with E-state index in [-0.39, 0.29) is 22.2 Å². The summed E-state index contributed by atoms with van der Waals surface area (Å²) in [6.45, 7) is 24.7. The average Bonchev–Trinajstić information content (AvgIpc) is 4.19. The van der Waals surface area contributed by atoms with Crippen molar-refractivity contribution >= 4 is 76.5 Å². The van der Waals surface area contributed by atoms with Gasteiger partial charge in [-0.3, -0.25) is 4.57 Å². The quantitative estimate of drug-likeness (QED) is 0.160. The lowest BCUT2D eigenvalue weighted by molar-refractivity contribution is 0.483. The monoisotopic (exact) mass is 983 g/mol. The van der Waals surface area contributed by atoms with E-state index in [2.05, 4.69) is 246 Å². The van der Waals surface area contributed by atoms with Gasteiger partial charge in [-0.05, 0) is 132 Å². The number of para-hydroxylation sites is 3. The van der Waals surface area contributed by atoms with E-state index in [0.29, 0.717) is 12.2 Å². The number of pyridine rings is 1. The SMILES string of the molecule is [2H]C([2H])(c1cc(-c2cccc3c4ccc(C(C)(C)C)cc4c4ccccc4c4cccc5c4n(c23)CN5c2cccc(Oc3ccc4c5ccccc5n(-c5cc(C(C)(C)C)ccn5)c4c3)c2)cc(C(C)(C)C)c1)C(C)C. The van der Waals surface area contributed by atoms with Crippen LogP contribution >= 0.6 is 0 Å². The molecule has 374 valence electrons. The Labute approximate surface area is 445 Å². The highest BCUT2D eigenvalue weighted by atomic mass is 16.5. The lowest BCUT2D eigenvalue weighted by Gasteiger charge is -2.23. The smallest absolute Gasteiger partial charge is 0.137 e. The zero-order valence-electron chi connectivity index (χ0n) is 47.3. The molecule has 0 bridgehead atoms. The van der Waals surface area contributed by atoms with Gasteiger partial charge in [-0.15, -0.1) is 0 Å². The van der Waals surface area contributed by atoms with Gasteiger partial charge >= 0.3 is 0 Å². The van der Waals surface area contributed by atoms with Gasteiger partial charge in [-0.1, -0.05) is 185 Å². The van der Waals surface area contributed by atoms with E-state index < -0.39 is 6.37 Å². The predicted octanol–water partition coefficient (Wildman–Crippen LogP) is 19.4. The normalized spacial score (nSPS) is 13.7. The molecule has 0 saturated carbocycles. The van der Waals surface area contributed by atoms with Crippen LogP contribution in [-0.2, 0) is 29.3 Å². The van der Waals surface area contributed by atoms with E-state index in [1.807, 2.05) is 26.1 Å². The second kappa shape index (κ2) is 17.9. The van der Waals surface area contributed by atoms with Gasteiger partial charge in [0.2, 0.25) is 0 Å². The maximum atomic E-state index is 9.46. The summed E-state index contributed by atoms with van der Waals surface area (Å²) in [5.74, 6) is 2.12. The lowest BCUT2D eigenvalue weighted by Crippen LogP contribution is -2.15. The van der Waals surface area contributed by atoms with Gasteiger partial charge in [0.15, 0.2) is 0 Å². The highest BCUT2D eigenvalue weighted by molar-refractivity contribution is 6.22. The number of aromatic nitrogens is 3. The van der Waals surface area contributed by atoms with Crippen molar-refractivity contribution in [3.8, 4) is 28.4 Å². The van der Waals surface area contributed by atoms with Crippen molar-refractivity contribution in [2.45, 2.75) is 105 Å². The van der Waals surface area contributed by atoms with Crippen LogP contribution in [0.15, 0.2) is 182 Å². The van der Waals surface area contributed by atoms with Crippen molar-refractivity contribution in [1.82, 2.24) is 14.1 Å². The molecule has 0 unspecified atom stereocenters. The topological polar surface area (TPSA) is 35.2 Å². The van der Waals surface area contributed by atoms with Crippen molar-refractivity contribution < 1.29 is 7.48 Å². The molecule has 0 aliphatic carbocycles. The molecular formula is C70H68N4O. The van der Waals surface area contributed by atoms with E-state index in [4.69, 9.17) is 9.72 Å². The van der Waals surface area contributed by atoms with Crippen LogP contribution in [0.5, 0.6) is 11.5 Å². The standard InChI is InChI=1S/C70H68N4O/c1-44(2)35-45-36-46(38-49(37-45)70(9,10)11)53-24-17-25-59-56-31-29-47(68(3,4)5)39-61(56)55-22-13-12-21-54(55)60-26-18-28-63-67(60)73(66(53)59)43-72(63)50-19-16-20-51(41-50)75-52-30-32-58-57-23-14-15-27-62(57)74(64(58)42-52)65-40-48(33-34-71-65)69(6,7)8/h12-34,36-42,44H,35,43H2,1-11H3/i35D2. The molecule has 0 spiro atoms. The minimum atomic E-state index is -1.55. The first kappa shape index (κ1) is 45.7. The van der Waals surface area contributed by atoms with Crippen LogP contribution in [-0.4, -0.2) is 14.1 Å². The fraction of sp³-hybridized carbons (Fsp3) is 0.243. The van der Waals surface area contributed by atoms with Crippen molar-refractivity contribution in [3.05, 3.63) is 204 Å². The molecule has 0 N–H and O–H groups in total. The number of ether oxygens (including phenoxy) is 1. The molecule has 11 aromatic rings. The summed E-state index contributed by atoms with van der Waals surface area (Å²) in [5.41, 5.74) is 12.4. The van der Waals surface area contributed by atoms with Gasteiger partial charge in [0.05, 0.1) is 27.8 Å². The molecule has 1 aliphatic rings. The van der Waals surface area contributed by atoms with Crippen LogP contribution in [0.1, 0.15) is 101 Å². The molecule has 3 aromatic heterocycles. The molecule has 5 nitrogen and oxygen atoms in total. The average molecular weight is 983 g/mol. The van der Waals surface area contributed by atoms with E-state index in [9.17, 15) is 2.74 Å². The second-order valence-electron chi connectivity index (χ2n) is 24.1. The zero-order chi connectivity index (χ0) is 53.9. The van der Waals surface area contributed by atoms with E-state index in [0.717, 1.165) is 89.0 Å². The molecule has 0 radical (unpaired) electrons. The molecular weight excluding hydrogens is 913 g/mol. The van der Waals surface area contributed by atoms with E-state index >= 15 is 0 Å². The maximum absolute atomic E-state index is 9.46. The second-order valence-corrected chi connectivity index (χ2v) is 24.1. The molecule has 0 amide bonds. The molecule has 75 heavy (non-hydrogen) atoms. The van der Waals surface area contributed by atoms with Crippen LogP contribution in [0, 0.1) is 5.92 Å². The van der Waals surface area contributed by atoms with Gasteiger partial charge in [-0.2, -0.15) is 0 Å². The van der Waals surface area contributed by atoms with Crippen molar-refractivity contribution in [2.24, 2.45) is 5.92 Å². The molecule has 0 saturated heterocycles. The first-order valence-electron chi connectivity index (χ1n) is 27.7. The summed E-state index contributed by atoms with van der Waals surface area (Å²) in [4.78, 5) is 7.35. The third-order valence-corrected chi connectivity index (χ3v) is 15.3. The Balaban J connectivity index is 1.08. The van der Waals surface area contributed by atoms with Gasteiger partial charge < -0.3 is 14.2 Å². The minimum absolute atomic E-state index is 0.0357. The Morgan fingerprint density at radius 3 is 1.87 bits per heavy atom. The summed E-state index contributed by atoms with van der Waals surface area (Å²) in [6.07, 6.45) is 0.370. The number of hydrogen-bond donors (Lipinski definition) is 0. The Morgan fingerprint density at radius 1 is 0.507 bits per heavy atom. The third kappa shape index (κ3) is 8.57. The number of fused-ring (bicyclic) bond motifs is 10. The summed E-state index contributed by atoms with van der Waals surface area (Å²) in [5, 5.41) is 9.28. The summed E-state index contributed by atoms with van der Waals surface area (Å²) in [7, 11) is 0. The van der Waals surface area contributed by atoms with Crippen LogP contribution < -0.4 is 9.64 Å². The molecule has 0 atom stereocenters. The van der Waals surface area contributed by atoms with Crippen molar-refractivity contribution in [1.29, 1.82) is 0 Å². The van der Waals surface area contributed by atoms with Gasteiger partial charge in [0, 0.05) is 53.9 Å². The molecule has 12 rings (SSSR count). The Kier molecular flexibility index (Phi) is 10.9. The molecule has 4 heterocycles. The lowest BCUT2D eigenvalue weighted by atomic mass is 9.83. The van der Waals surface area contributed by atoms with Crippen LogP contribution in [0.4, 0.5) is 11.4 Å². The largest absolute Gasteiger partial charge is 0.457 e. The maximum Gasteiger partial charge on any atom is 0.137 e. The highest BCUT2D eigenvalue weighted by Gasteiger charge is 2.27. The molecule has 1 aliphatic heterocycles. The van der Waals surface area contributed by atoms with Crippen molar-refractivity contribution in [2.75, 3.05) is 4.90 Å². The van der Waals surface area contributed by atoms with E-state index in [1.165, 1.54) is 32.7 Å². The molecule has 5 heteroatoms. The highest BCUT2D eigenvalue weighted by Crippen LogP contribution is 2.46. The number of benzene rings is 8. The minimum Gasteiger partial charge on any atom is -0.457 e. The van der Waals surface area contributed by atoms with Gasteiger partial charge in [0.1, 0.15) is 24.0 Å². The summed E-state index contributed by atoms with van der Waals surface area (Å²) in [6, 6.07) is 63.7. The molecule has 0 fully saturated rings. The Hall–Kier alpha value is -7.89. The summed E-state index contributed by atoms with van der Waals surface area (Å²) >= 11 is 0. The fourth-order valence-corrected chi connectivity index (χ4v) is 11.4. The van der Waals surface area contributed by atoms with Crippen LogP contribution in [0.3, 0.4) is 0 Å². The fourth-order valence-electron chi connectivity index (χ4n) is 11.4. The Morgan fingerprint density at radius 2 is 1.12 bits per heavy atom. The third-order valence-electron chi connectivity index (χ3n) is 15.3. The van der Waals surface area contributed by atoms with Crippen LogP contribution in [0.2, 0.25) is 0 Å². The number of hydrogen-bond acceptors (Lipinski definition) is 3. The number of rotatable bonds is 7. The van der Waals surface area contributed by atoms with Gasteiger partial charge in [0.25, 0.3) is 0 Å². The number of nitrogens with zero attached hydrogens (tertiary/aromatic N) is 4. The van der Waals surface area contributed by atoms with Crippen molar-refractivity contribution in [3.63, 3.8) is 0 Å². The predicted molar refractivity (Wildman–Crippen MR) is 319 cm³/mol. The van der Waals surface area contributed by atoms with Gasteiger partial charge in [-0.25, -0.2) is 4.98 Å². The first-order valence-corrected chi connectivity index (χ1v) is 26.7. The molecule has 8 aromatic carbocycles. The summed E-state index contributed by atoms with van der Waals surface area (Å²) < 4.78 is 30.6. The van der Waals surface area contributed by atoms with E-state index in [1.54, 1.807) is 0 Å².